The second kappa shape index (κ2) is 7.49. The van der Waals surface area contributed by atoms with Crippen molar-refractivity contribution in [1.29, 1.82) is 0 Å². The first-order chi connectivity index (χ1) is 9.43. The summed E-state index contributed by atoms with van der Waals surface area (Å²) in [5.74, 6) is -1.30. The second-order valence-corrected chi connectivity index (χ2v) is 4.38. The fraction of sp³-hybridized carbons (Fsp3) is 0.308. The van der Waals surface area contributed by atoms with Gasteiger partial charge in [0, 0.05) is 12.1 Å². The second-order valence-electron chi connectivity index (χ2n) is 3.97. The van der Waals surface area contributed by atoms with Gasteiger partial charge in [-0.15, -0.1) is 0 Å². The molecule has 0 unspecified atom stereocenters. The van der Waals surface area contributed by atoms with Crippen molar-refractivity contribution in [2.24, 2.45) is 0 Å². The van der Waals surface area contributed by atoms with Crippen LogP contribution in [0.3, 0.4) is 0 Å². The zero-order valence-electron chi connectivity index (χ0n) is 11.1. The molecular weight excluding hydrogens is 284 g/mol. The van der Waals surface area contributed by atoms with Crippen molar-refractivity contribution in [3.63, 3.8) is 0 Å². The van der Waals surface area contributed by atoms with E-state index in [1.54, 1.807) is 24.3 Å². The van der Waals surface area contributed by atoms with Crippen LogP contribution in [0.4, 0.5) is 4.79 Å². The first-order valence-electron chi connectivity index (χ1n) is 5.89. The zero-order valence-corrected chi connectivity index (χ0v) is 11.9. The van der Waals surface area contributed by atoms with Crippen LogP contribution in [-0.2, 0) is 20.7 Å². The Hall–Kier alpha value is -2.08. The topological polar surface area (TPSA) is 84.5 Å². The molecule has 0 spiro atoms. The summed E-state index contributed by atoms with van der Waals surface area (Å²) in [6.45, 7) is 1.38. The number of hydrogen-bond donors (Lipinski definition) is 2. The third-order valence-corrected chi connectivity index (χ3v) is 2.80. The van der Waals surface area contributed by atoms with E-state index in [4.69, 9.17) is 16.3 Å². The normalized spacial score (nSPS) is 11.3. The molecule has 6 nitrogen and oxygen atoms in total. The quantitative estimate of drug-likeness (QED) is 0.820. The number of urea groups is 1. The fourth-order valence-electron chi connectivity index (χ4n) is 1.37. The number of hydrogen-bond acceptors (Lipinski definition) is 4. The SMILES string of the molecule is CNC(=O)NC(=O)[C@H](C)OC(=O)Cc1ccccc1Cl. The van der Waals surface area contributed by atoms with Crippen LogP contribution in [0.5, 0.6) is 0 Å². The Kier molecular flexibility index (Phi) is 5.99. The smallest absolute Gasteiger partial charge is 0.321 e. The molecule has 108 valence electrons. The Morgan fingerprint density at radius 3 is 2.55 bits per heavy atom. The molecule has 0 aliphatic carbocycles. The third-order valence-electron chi connectivity index (χ3n) is 2.43. The van der Waals surface area contributed by atoms with Crippen molar-refractivity contribution < 1.29 is 19.1 Å². The summed E-state index contributed by atoms with van der Waals surface area (Å²) in [6, 6.07) is 6.18. The number of ether oxygens (including phenoxy) is 1. The van der Waals surface area contributed by atoms with E-state index >= 15 is 0 Å². The Morgan fingerprint density at radius 2 is 1.95 bits per heavy atom. The largest absolute Gasteiger partial charge is 0.452 e. The minimum atomic E-state index is -1.07. The predicted molar refractivity (Wildman–Crippen MR) is 73.3 cm³/mol. The lowest BCUT2D eigenvalue weighted by Crippen LogP contribution is -2.43. The van der Waals surface area contributed by atoms with Crippen LogP contribution in [0.15, 0.2) is 24.3 Å². The molecule has 1 aromatic rings. The fourth-order valence-corrected chi connectivity index (χ4v) is 1.57. The van der Waals surface area contributed by atoms with E-state index in [9.17, 15) is 14.4 Å². The maximum Gasteiger partial charge on any atom is 0.321 e. The average molecular weight is 299 g/mol. The highest BCUT2D eigenvalue weighted by molar-refractivity contribution is 6.31. The minimum Gasteiger partial charge on any atom is -0.452 e. The van der Waals surface area contributed by atoms with Gasteiger partial charge < -0.3 is 10.1 Å². The molecule has 0 saturated carbocycles. The molecule has 2 N–H and O–H groups in total. The molecule has 0 aliphatic rings. The van der Waals surface area contributed by atoms with E-state index in [-0.39, 0.29) is 6.42 Å². The van der Waals surface area contributed by atoms with E-state index in [0.29, 0.717) is 10.6 Å². The maximum atomic E-state index is 11.7. The summed E-state index contributed by atoms with van der Waals surface area (Å²) in [5, 5.41) is 4.69. The molecule has 0 fully saturated rings. The van der Waals surface area contributed by atoms with Gasteiger partial charge >= 0.3 is 12.0 Å². The molecule has 1 rings (SSSR count). The molecule has 0 saturated heterocycles. The van der Waals surface area contributed by atoms with Crippen LogP contribution in [0.1, 0.15) is 12.5 Å². The monoisotopic (exact) mass is 298 g/mol. The van der Waals surface area contributed by atoms with Gasteiger partial charge in [-0.1, -0.05) is 29.8 Å². The average Bonchev–Trinajstić information content (AvgIpc) is 2.41. The first-order valence-corrected chi connectivity index (χ1v) is 6.27. The van der Waals surface area contributed by atoms with Gasteiger partial charge in [0.25, 0.3) is 5.91 Å². The first kappa shape index (κ1) is 16.0. The molecule has 0 heterocycles. The number of benzene rings is 1. The highest BCUT2D eigenvalue weighted by Gasteiger charge is 2.20. The number of nitrogens with one attached hydrogen (secondary N) is 2. The molecule has 7 heteroatoms. The van der Waals surface area contributed by atoms with Crippen molar-refractivity contribution >= 4 is 29.5 Å². The van der Waals surface area contributed by atoms with Gasteiger partial charge in [-0.3, -0.25) is 14.9 Å². The van der Waals surface area contributed by atoms with Crippen LogP contribution < -0.4 is 10.6 Å². The highest BCUT2D eigenvalue weighted by atomic mass is 35.5. The Labute approximate surface area is 121 Å². The van der Waals surface area contributed by atoms with E-state index in [0.717, 1.165) is 0 Å². The Bertz CT molecular complexity index is 519. The number of carbonyl (C=O) groups excluding carboxylic acids is 3. The molecule has 1 atom stereocenters. The van der Waals surface area contributed by atoms with E-state index in [2.05, 4.69) is 5.32 Å². The molecular formula is C13H15ClN2O4. The summed E-state index contributed by atoms with van der Waals surface area (Å²) < 4.78 is 4.93. The van der Waals surface area contributed by atoms with E-state index in [1.165, 1.54) is 14.0 Å². The number of esters is 1. The number of amides is 3. The van der Waals surface area contributed by atoms with Crippen molar-refractivity contribution in [3.8, 4) is 0 Å². The van der Waals surface area contributed by atoms with E-state index < -0.39 is 24.0 Å². The highest BCUT2D eigenvalue weighted by Crippen LogP contribution is 2.16. The molecule has 0 aromatic heterocycles. The molecule has 1 aromatic carbocycles. The van der Waals surface area contributed by atoms with Crippen LogP contribution in [0.2, 0.25) is 5.02 Å². The van der Waals surface area contributed by atoms with Crippen molar-refractivity contribution in [3.05, 3.63) is 34.9 Å². The molecule has 0 bridgehead atoms. The van der Waals surface area contributed by atoms with Crippen LogP contribution in [0, 0.1) is 0 Å². The predicted octanol–water partition coefficient (Wildman–Crippen LogP) is 1.27. The van der Waals surface area contributed by atoms with Crippen molar-refractivity contribution in [2.45, 2.75) is 19.4 Å². The van der Waals surface area contributed by atoms with Crippen LogP contribution in [0.25, 0.3) is 0 Å². The lowest BCUT2D eigenvalue weighted by Gasteiger charge is -2.13. The minimum absolute atomic E-state index is 0.0444. The van der Waals surface area contributed by atoms with Gasteiger partial charge in [0.15, 0.2) is 6.10 Å². The van der Waals surface area contributed by atoms with Gasteiger partial charge in [0.05, 0.1) is 6.42 Å². The summed E-state index contributed by atoms with van der Waals surface area (Å²) in [5.41, 5.74) is 0.609. The number of halogens is 1. The molecule has 0 aliphatic heterocycles. The van der Waals surface area contributed by atoms with Crippen molar-refractivity contribution in [2.75, 3.05) is 7.05 Å². The standard InChI is InChI=1S/C13H15ClN2O4/c1-8(12(18)16-13(19)15-2)20-11(17)7-9-5-3-4-6-10(9)14/h3-6,8H,7H2,1-2H3,(H2,15,16,18,19)/t8-/m0/s1. The number of carbonyl (C=O) groups is 3. The van der Waals surface area contributed by atoms with Crippen molar-refractivity contribution in [1.82, 2.24) is 10.6 Å². The van der Waals surface area contributed by atoms with Gasteiger partial charge in [0.1, 0.15) is 0 Å². The summed E-state index contributed by atoms with van der Waals surface area (Å²) >= 11 is 5.92. The van der Waals surface area contributed by atoms with Crippen LogP contribution in [-0.4, -0.2) is 31.1 Å². The maximum absolute atomic E-state index is 11.7. The number of rotatable bonds is 4. The molecule has 0 radical (unpaired) electrons. The zero-order chi connectivity index (χ0) is 15.1. The van der Waals surface area contributed by atoms with Gasteiger partial charge in [-0.2, -0.15) is 0 Å². The Morgan fingerprint density at radius 1 is 1.30 bits per heavy atom. The lowest BCUT2D eigenvalue weighted by molar-refractivity contribution is -0.153. The summed E-state index contributed by atoms with van der Waals surface area (Å²) in [6.07, 6.45) is -1.11. The molecule has 20 heavy (non-hydrogen) atoms. The van der Waals surface area contributed by atoms with Gasteiger partial charge in [-0.05, 0) is 18.6 Å². The summed E-state index contributed by atoms with van der Waals surface area (Å²) in [7, 11) is 1.37. The number of imide groups is 1. The molecule has 3 amide bonds. The van der Waals surface area contributed by atoms with Crippen LogP contribution >= 0.6 is 11.6 Å². The lowest BCUT2D eigenvalue weighted by atomic mass is 10.1. The van der Waals surface area contributed by atoms with E-state index in [1.807, 2.05) is 5.32 Å². The van der Waals surface area contributed by atoms with Gasteiger partial charge in [0.2, 0.25) is 0 Å². The van der Waals surface area contributed by atoms with Gasteiger partial charge in [-0.25, -0.2) is 4.79 Å². The Balaban J connectivity index is 2.52. The summed E-state index contributed by atoms with van der Waals surface area (Å²) in [4.78, 5) is 34.1. The third kappa shape index (κ3) is 4.89.